The highest BCUT2D eigenvalue weighted by molar-refractivity contribution is 5.88. The van der Waals surface area contributed by atoms with Crippen molar-refractivity contribution in [2.75, 3.05) is 39.3 Å². The first-order valence-electron chi connectivity index (χ1n) is 18.7. The normalized spacial score (nSPS) is 28.0. The van der Waals surface area contributed by atoms with Gasteiger partial charge in [-0.15, -0.1) is 0 Å². The molecule has 2 saturated heterocycles. The van der Waals surface area contributed by atoms with E-state index in [1.807, 2.05) is 0 Å². The zero-order chi connectivity index (χ0) is 32.6. The summed E-state index contributed by atoms with van der Waals surface area (Å²) in [6.45, 7) is 3.10. The van der Waals surface area contributed by atoms with Crippen LogP contribution >= 0.6 is 0 Å². The number of rotatable bonds is 8. The highest BCUT2D eigenvalue weighted by Crippen LogP contribution is 2.41. The van der Waals surface area contributed by atoms with Crippen LogP contribution in [-0.2, 0) is 19.1 Å². The molecule has 10 heteroatoms. The third-order valence-corrected chi connectivity index (χ3v) is 12.3. The van der Waals surface area contributed by atoms with E-state index in [9.17, 15) is 19.2 Å². The molecule has 4 N–H and O–H groups in total. The van der Waals surface area contributed by atoms with Crippen LogP contribution in [0.3, 0.4) is 0 Å². The first-order valence-corrected chi connectivity index (χ1v) is 18.7. The average Bonchev–Trinajstić information content (AvgIpc) is 3.10. The molecule has 0 aromatic rings. The van der Waals surface area contributed by atoms with E-state index in [1.54, 1.807) is 9.80 Å². The Morgan fingerprint density at radius 3 is 1.13 bits per heavy atom. The molecule has 5 fully saturated rings. The Morgan fingerprint density at radius 2 is 0.826 bits per heavy atom. The van der Waals surface area contributed by atoms with Crippen molar-refractivity contribution < 1.29 is 28.7 Å². The molecule has 0 aromatic carbocycles. The van der Waals surface area contributed by atoms with Gasteiger partial charge in [-0.1, -0.05) is 38.5 Å². The molecule has 2 aliphatic heterocycles. The molecule has 0 bridgehead atoms. The fourth-order valence-electron chi connectivity index (χ4n) is 9.18. The van der Waals surface area contributed by atoms with Crippen molar-refractivity contribution >= 4 is 23.8 Å². The van der Waals surface area contributed by atoms with Crippen LogP contribution in [-0.4, -0.2) is 85.0 Å². The molecule has 46 heavy (non-hydrogen) atoms. The average molecular weight is 645 g/mol. The van der Waals surface area contributed by atoms with E-state index in [0.717, 1.165) is 89.9 Å². The van der Waals surface area contributed by atoms with Gasteiger partial charge in [0.05, 0.1) is 0 Å². The van der Waals surface area contributed by atoms with Gasteiger partial charge in [-0.05, 0) is 89.9 Å². The third-order valence-electron chi connectivity index (χ3n) is 12.3. The van der Waals surface area contributed by atoms with Crippen LogP contribution in [0.4, 0.5) is 9.59 Å². The van der Waals surface area contributed by atoms with Crippen molar-refractivity contribution in [3.63, 3.8) is 0 Å². The van der Waals surface area contributed by atoms with E-state index in [2.05, 4.69) is 0 Å². The quantitative estimate of drug-likeness (QED) is 0.341. The summed E-state index contributed by atoms with van der Waals surface area (Å²) in [5.74, 6) is 0.635. The molecule has 2 heterocycles. The lowest BCUT2D eigenvalue weighted by Crippen LogP contribution is -2.48. The van der Waals surface area contributed by atoms with Gasteiger partial charge in [0.1, 0.15) is 23.8 Å². The molecule has 0 aromatic heterocycles. The summed E-state index contributed by atoms with van der Waals surface area (Å²) in [4.78, 5) is 56.4. The van der Waals surface area contributed by atoms with Crippen molar-refractivity contribution in [3.05, 3.63) is 0 Å². The fourth-order valence-corrected chi connectivity index (χ4v) is 9.18. The first-order chi connectivity index (χ1) is 22.3. The van der Waals surface area contributed by atoms with Crippen LogP contribution in [0.5, 0.6) is 0 Å². The predicted octanol–water partition coefficient (Wildman–Crippen LogP) is 5.73. The Morgan fingerprint density at radius 1 is 0.500 bits per heavy atom. The van der Waals surface area contributed by atoms with Crippen molar-refractivity contribution in [1.29, 1.82) is 0 Å². The molecule has 5 aliphatic rings. The Balaban J connectivity index is 0.991. The molecular formula is C36H60N4O6. The van der Waals surface area contributed by atoms with E-state index in [4.69, 9.17) is 20.9 Å². The van der Waals surface area contributed by atoms with E-state index < -0.39 is 0 Å². The molecule has 0 atom stereocenters. The number of nitrogens with two attached hydrogens (primary N) is 2. The minimum absolute atomic E-state index is 0.00888. The number of piperidine rings is 2. The molecule has 0 unspecified atom stereocenters. The highest BCUT2D eigenvalue weighted by atomic mass is 16.6. The number of amides is 2. The van der Waals surface area contributed by atoms with Gasteiger partial charge in [-0.2, -0.15) is 0 Å². The molecular weight excluding hydrogens is 584 g/mol. The Kier molecular flexibility index (Phi) is 12.4. The Bertz CT molecular complexity index is 949. The highest BCUT2D eigenvalue weighted by Gasteiger charge is 2.44. The van der Waals surface area contributed by atoms with Crippen LogP contribution in [0, 0.1) is 22.7 Å². The van der Waals surface area contributed by atoms with E-state index >= 15 is 0 Å². The Hall–Kier alpha value is -2.20. The number of hydrogen-bond donors (Lipinski definition) is 2. The number of nitrogens with zero attached hydrogens (tertiary/aromatic N) is 2. The van der Waals surface area contributed by atoms with Gasteiger partial charge in [0.15, 0.2) is 0 Å². The number of ketones is 2. The predicted molar refractivity (Wildman–Crippen MR) is 176 cm³/mol. The van der Waals surface area contributed by atoms with Gasteiger partial charge >= 0.3 is 12.2 Å². The smallest absolute Gasteiger partial charge is 0.410 e. The second kappa shape index (κ2) is 16.3. The largest absolute Gasteiger partial charge is 0.446 e. The second-order valence-corrected chi connectivity index (χ2v) is 15.2. The fraction of sp³-hybridized carbons (Fsp3) is 0.889. The second-order valence-electron chi connectivity index (χ2n) is 15.2. The first kappa shape index (κ1) is 35.1. The number of hydrogen-bond acceptors (Lipinski definition) is 8. The van der Waals surface area contributed by atoms with Crippen LogP contribution in [0.25, 0.3) is 0 Å². The topological polar surface area (TPSA) is 145 Å². The lowest BCUT2D eigenvalue weighted by Gasteiger charge is -2.40. The van der Waals surface area contributed by atoms with Gasteiger partial charge in [-0.3, -0.25) is 9.59 Å². The minimum atomic E-state index is -0.351. The standard InChI is InChI=1S/C36H60N4O6/c37-25-35(17-3-1-4-18-35)31(41)27-13-21-39(22-14-27)33(43)45-29-9-7-11-30(12-8-10-29)46-34(44)40-23-15-28(16-24-40)32(42)36(26-38)19-5-2-6-20-36/h27-30H,1-26,37-38H2/t29-,30-. The summed E-state index contributed by atoms with van der Waals surface area (Å²) in [6, 6.07) is 0. The lowest BCUT2D eigenvalue weighted by atomic mass is 9.66. The summed E-state index contributed by atoms with van der Waals surface area (Å²) >= 11 is 0. The van der Waals surface area contributed by atoms with Crippen molar-refractivity contribution in [3.8, 4) is 0 Å². The maximum atomic E-state index is 13.4. The monoisotopic (exact) mass is 644 g/mol. The summed E-state index contributed by atoms with van der Waals surface area (Å²) in [6.07, 6.45) is 16.9. The minimum Gasteiger partial charge on any atom is -0.446 e. The maximum Gasteiger partial charge on any atom is 0.410 e. The van der Waals surface area contributed by atoms with Gasteiger partial charge in [0.2, 0.25) is 0 Å². The van der Waals surface area contributed by atoms with Crippen molar-refractivity contribution in [1.82, 2.24) is 9.80 Å². The summed E-state index contributed by atoms with van der Waals surface area (Å²) < 4.78 is 11.9. The van der Waals surface area contributed by atoms with Crippen LogP contribution in [0.1, 0.15) is 128 Å². The SMILES string of the molecule is NCC1(C(=O)C2CCN(C(=O)O[C@H]3CCC[C@H](OC(=O)N4CCC(C(=O)C5(CN)CCCCC5)CC4)CCC3)CC2)CCCCC1. The van der Waals surface area contributed by atoms with Gasteiger partial charge in [0, 0.05) is 61.9 Å². The lowest BCUT2D eigenvalue weighted by molar-refractivity contribution is -0.136. The molecule has 2 amide bonds. The van der Waals surface area contributed by atoms with Crippen molar-refractivity contribution in [2.24, 2.45) is 34.1 Å². The van der Waals surface area contributed by atoms with E-state index in [-0.39, 0.29) is 47.1 Å². The van der Waals surface area contributed by atoms with Gasteiger partial charge in [-0.25, -0.2) is 9.59 Å². The maximum absolute atomic E-state index is 13.4. The summed E-state index contributed by atoms with van der Waals surface area (Å²) in [5.41, 5.74) is 11.5. The number of carbonyl (C=O) groups excluding carboxylic acids is 4. The van der Waals surface area contributed by atoms with Crippen LogP contribution in [0.2, 0.25) is 0 Å². The molecule has 260 valence electrons. The zero-order valence-electron chi connectivity index (χ0n) is 28.2. The Labute approximate surface area is 276 Å². The molecule has 0 radical (unpaired) electrons. The molecule has 0 spiro atoms. The molecule has 5 rings (SSSR count). The van der Waals surface area contributed by atoms with Gasteiger partial charge < -0.3 is 30.7 Å². The summed E-state index contributed by atoms with van der Waals surface area (Å²) in [5, 5.41) is 0. The molecule has 3 aliphatic carbocycles. The third kappa shape index (κ3) is 8.26. The van der Waals surface area contributed by atoms with Gasteiger partial charge in [0.25, 0.3) is 0 Å². The number of Topliss-reactive ketones (excluding diaryl/α,β-unsaturated/α-hetero) is 2. The van der Waals surface area contributed by atoms with Crippen LogP contribution in [0.15, 0.2) is 0 Å². The number of ether oxygens (including phenoxy) is 2. The van der Waals surface area contributed by atoms with Crippen molar-refractivity contribution in [2.45, 2.75) is 141 Å². The van der Waals surface area contributed by atoms with E-state index in [1.165, 1.54) is 12.8 Å². The number of likely N-dealkylation sites (tertiary alicyclic amines) is 2. The molecule has 3 saturated carbocycles. The zero-order valence-corrected chi connectivity index (χ0v) is 28.2. The molecule has 10 nitrogen and oxygen atoms in total. The van der Waals surface area contributed by atoms with E-state index in [0.29, 0.717) is 76.5 Å². The summed E-state index contributed by atoms with van der Waals surface area (Å²) in [7, 11) is 0. The number of carbonyl (C=O) groups is 4. The van der Waals surface area contributed by atoms with Crippen LogP contribution < -0.4 is 11.5 Å².